The molecule has 0 aliphatic carbocycles. The molecule has 0 aliphatic heterocycles. The van der Waals surface area contributed by atoms with E-state index in [2.05, 4.69) is 5.32 Å². The molecule has 112 valence electrons. The number of hydrogen-bond acceptors (Lipinski definition) is 3. The predicted octanol–water partition coefficient (Wildman–Crippen LogP) is 4.04. The zero-order valence-electron chi connectivity index (χ0n) is 11.1. The van der Waals surface area contributed by atoms with Gasteiger partial charge in [-0.2, -0.15) is 0 Å². The Bertz CT molecular complexity index is 725. The molecule has 2 aromatic carbocycles. The van der Waals surface area contributed by atoms with Crippen molar-refractivity contribution >= 4 is 35.0 Å². The summed E-state index contributed by atoms with van der Waals surface area (Å²) in [6, 6.07) is 9.56. The molecule has 0 heterocycles. The number of non-ortho nitro benzene ring substituents is 1. The number of carbonyl (C=O) groups excluding carboxylic acids is 1. The van der Waals surface area contributed by atoms with Gasteiger partial charge in [0.05, 0.1) is 9.95 Å². The third-order valence-electron chi connectivity index (χ3n) is 2.75. The molecule has 22 heavy (non-hydrogen) atoms. The van der Waals surface area contributed by atoms with Crippen molar-refractivity contribution in [2.45, 2.75) is 0 Å². The van der Waals surface area contributed by atoms with Crippen LogP contribution in [0.3, 0.4) is 0 Å². The molecule has 0 fully saturated rings. The number of nitrogens with zero attached hydrogens (tertiary/aromatic N) is 1. The number of benzene rings is 2. The summed E-state index contributed by atoms with van der Waals surface area (Å²) in [5, 5.41) is 13.2. The maximum Gasteiger partial charge on any atom is 0.269 e. The molecule has 0 bridgehead atoms. The van der Waals surface area contributed by atoms with Crippen molar-refractivity contribution in [2.75, 3.05) is 5.32 Å². The van der Waals surface area contributed by atoms with Crippen molar-refractivity contribution in [3.8, 4) is 0 Å². The van der Waals surface area contributed by atoms with Crippen molar-refractivity contribution in [2.24, 2.45) is 0 Å². The molecule has 0 atom stereocenters. The second-order valence-corrected chi connectivity index (χ2v) is 4.67. The largest absolute Gasteiger partial charge is 0.323 e. The molecular weight excluding hydrogens is 311 g/mol. The van der Waals surface area contributed by atoms with Crippen molar-refractivity contribution < 1.29 is 14.1 Å². The second kappa shape index (κ2) is 6.82. The summed E-state index contributed by atoms with van der Waals surface area (Å²) in [5.74, 6) is -1.04. The van der Waals surface area contributed by atoms with Gasteiger partial charge in [-0.15, -0.1) is 0 Å². The quantitative estimate of drug-likeness (QED) is 0.525. The third-order valence-corrected chi connectivity index (χ3v) is 3.08. The standard InChI is InChI=1S/C15H10ClFN2O3/c16-13-2-1-3-14(17)12(13)8-9-15(20)18-10-4-6-11(7-5-10)19(21)22/h1-9H,(H,18,20)/b9-8+. The Kier molecular flexibility index (Phi) is 4.85. The molecular formula is C15H10ClFN2O3. The third kappa shape index (κ3) is 3.89. The first-order chi connectivity index (χ1) is 10.5. The number of hydrogen-bond donors (Lipinski definition) is 1. The molecule has 2 rings (SSSR count). The van der Waals surface area contributed by atoms with Gasteiger partial charge < -0.3 is 5.32 Å². The molecule has 0 saturated carbocycles. The van der Waals surface area contributed by atoms with Crippen molar-refractivity contribution in [3.63, 3.8) is 0 Å². The van der Waals surface area contributed by atoms with E-state index in [9.17, 15) is 19.3 Å². The first-order valence-corrected chi connectivity index (χ1v) is 6.52. The van der Waals surface area contributed by atoms with Crippen LogP contribution < -0.4 is 5.32 Å². The smallest absolute Gasteiger partial charge is 0.269 e. The first-order valence-electron chi connectivity index (χ1n) is 6.15. The topological polar surface area (TPSA) is 72.2 Å². The molecule has 5 nitrogen and oxygen atoms in total. The normalized spacial score (nSPS) is 10.6. The highest BCUT2D eigenvalue weighted by atomic mass is 35.5. The number of amides is 1. The maximum absolute atomic E-state index is 13.5. The molecule has 1 N–H and O–H groups in total. The van der Waals surface area contributed by atoms with Crippen LogP contribution in [-0.4, -0.2) is 10.8 Å². The fraction of sp³-hybridized carbons (Fsp3) is 0. The fourth-order valence-electron chi connectivity index (χ4n) is 1.68. The lowest BCUT2D eigenvalue weighted by Crippen LogP contribution is -2.07. The van der Waals surface area contributed by atoms with Crippen molar-refractivity contribution in [3.05, 3.63) is 75.1 Å². The van der Waals surface area contributed by atoms with Gasteiger partial charge in [-0.3, -0.25) is 14.9 Å². The SMILES string of the molecule is O=C(/C=C/c1c(F)cccc1Cl)Nc1ccc([N+](=O)[O-])cc1. The van der Waals surface area contributed by atoms with Crippen LogP contribution >= 0.6 is 11.6 Å². The Morgan fingerprint density at radius 1 is 1.23 bits per heavy atom. The molecule has 0 aliphatic rings. The Labute approximate surface area is 130 Å². The van der Waals surface area contributed by atoms with Gasteiger partial charge in [0.15, 0.2) is 0 Å². The number of nitro groups is 1. The van der Waals surface area contributed by atoms with Crippen molar-refractivity contribution in [1.82, 2.24) is 0 Å². The van der Waals surface area contributed by atoms with E-state index < -0.39 is 16.6 Å². The monoisotopic (exact) mass is 320 g/mol. The highest BCUT2D eigenvalue weighted by Gasteiger charge is 2.06. The van der Waals surface area contributed by atoms with Gasteiger partial charge in [-0.25, -0.2) is 4.39 Å². The van der Waals surface area contributed by atoms with Crippen LogP contribution in [0.2, 0.25) is 5.02 Å². The van der Waals surface area contributed by atoms with Gasteiger partial charge in [0, 0.05) is 29.5 Å². The zero-order chi connectivity index (χ0) is 16.1. The number of carbonyl (C=O) groups is 1. The molecule has 1 amide bonds. The minimum absolute atomic E-state index is 0.0771. The summed E-state index contributed by atoms with van der Waals surface area (Å²) in [4.78, 5) is 21.7. The van der Waals surface area contributed by atoms with Gasteiger partial charge in [0.2, 0.25) is 5.91 Å². The van der Waals surface area contributed by atoms with Crippen LogP contribution in [0.1, 0.15) is 5.56 Å². The van der Waals surface area contributed by atoms with E-state index in [4.69, 9.17) is 11.6 Å². The van der Waals surface area contributed by atoms with Gasteiger partial charge in [0.25, 0.3) is 5.69 Å². The molecule has 0 unspecified atom stereocenters. The summed E-state index contributed by atoms with van der Waals surface area (Å²) in [7, 11) is 0. The second-order valence-electron chi connectivity index (χ2n) is 4.26. The lowest BCUT2D eigenvalue weighted by molar-refractivity contribution is -0.384. The number of nitro benzene ring substituents is 1. The van der Waals surface area contributed by atoms with Crippen LogP contribution in [-0.2, 0) is 4.79 Å². The van der Waals surface area contributed by atoms with E-state index >= 15 is 0 Å². The van der Waals surface area contributed by atoms with E-state index in [1.807, 2.05) is 0 Å². The lowest BCUT2D eigenvalue weighted by Gasteiger charge is -2.02. The molecule has 0 radical (unpaired) electrons. The minimum Gasteiger partial charge on any atom is -0.323 e. The van der Waals surface area contributed by atoms with E-state index in [0.29, 0.717) is 5.69 Å². The van der Waals surface area contributed by atoms with E-state index in [0.717, 1.165) is 6.08 Å². The van der Waals surface area contributed by atoms with Crippen LogP contribution in [0.15, 0.2) is 48.5 Å². The summed E-state index contributed by atoms with van der Waals surface area (Å²) >= 11 is 5.83. The molecule has 0 spiro atoms. The lowest BCUT2D eigenvalue weighted by atomic mass is 10.2. The number of halogens is 2. The number of rotatable bonds is 4. The summed E-state index contributed by atoms with van der Waals surface area (Å²) in [6.45, 7) is 0. The highest BCUT2D eigenvalue weighted by Crippen LogP contribution is 2.20. The van der Waals surface area contributed by atoms with Crippen LogP contribution in [0.5, 0.6) is 0 Å². The Morgan fingerprint density at radius 2 is 1.91 bits per heavy atom. The van der Waals surface area contributed by atoms with Gasteiger partial charge in [-0.1, -0.05) is 17.7 Å². The Balaban J connectivity index is 2.06. The summed E-state index contributed by atoms with van der Waals surface area (Å²) in [6.07, 6.45) is 2.39. The summed E-state index contributed by atoms with van der Waals surface area (Å²) < 4.78 is 13.5. The molecule has 0 saturated heterocycles. The molecule has 7 heteroatoms. The van der Waals surface area contributed by atoms with Crippen molar-refractivity contribution in [1.29, 1.82) is 0 Å². The Hall–Kier alpha value is -2.73. The van der Waals surface area contributed by atoms with Gasteiger partial charge in [-0.05, 0) is 30.3 Å². The average molecular weight is 321 g/mol. The van der Waals surface area contributed by atoms with Gasteiger partial charge in [0.1, 0.15) is 5.82 Å². The van der Waals surface area contributed by atoms with E-state index in [1.165, 1.54) is 48.5 Å². The predicted molar refractivity (Wildman–Crippen MR) is 82.2 cm³/mol. The van der Waals surface area contributed by atoms with Crippen LogP contribution in [0.25, 0.3) is 6.08 Å². The number of anilines is 1. The average Bonchev–Trinajstić information content (AvgIpc) is 2.47. The highest BCUT2D eigenvalue weighted by molar-refractivity contribution is 6.32. The maximum atomic E-state index is 13.5. The van der Waals surface area contributed by atoms with E-state index in [1.54, 1.807) is 0 Å². The number of nitrogens with one attached hydrogen (secondary N) is 1. The van der Waals surface area contributed by atoms with E-state index in [-0.39, 0.29) is 16.3 Å². The molecule has 0 aromatic heterocycles. The zero-order valence-corrected chi connectivity index (χ0v) is 11.9. The fourth-order valence-corrected chi connectivity index (χ4v) is 1.91. The van der Waals surface area contributed by atoms with Gasteiger partial charge >= 0.3 is 0 Å². The van der Waals surface area contributed by atoms with Crippen LogP contribution in [0.4, 0.5) is 15.8 Å². The minimum atomic E-state index is -0.536. The molecule has 2 aromatic rings. The summed E-state index contributed by atoms with van der Waals surface area (Å²) in [5.41, 5.74) is 0.426. The van der Waals surface area contributed by atoms with Crippen LogP contribution in [0, 0.1) is 15.9 Å². The first kappa shape index (κ1) is 15.7. The Morgan fingerprint density at radius 3 is 2.50 bits per heavy atom.